The second-order valence-electron chi connectivity index (χ2n) is 3.78. The van der Waals surface area contributed by atoms with Crippen LogP contribution >= 0.6 is 0 Å². The molecule has 0 bridgehead atoms. The van der Waals surface area contributed by atoms with Crippen LogP contribution in [0.5, 0.6) is 0 Å². The highest BCUT2D eigenvalue weighted by molar-refractivity contribution is 5.28. The molecule has 1 fully saturated rings. The topological polar surface area (TPSA) is 63.4 Å². The van der Waals surface area contributed by atoms with Gasteiger partial charge in [0, 0.05) is 13.1 Å². The highest BCUT2D eigenvalue weighted by Gasteiger charge is 2.20. The van der Waals surface area contributed by atoms with Crippen molar-refractivity contribution >= 4 is 5.95 Å². The Morgan fingerprint density at radius 3 is 2.81 bits per heavy atom. The number of hydrogen-bond acceptors (Lipinski definition) is 6. The van der Waals surface area contributed by atoms with Crippen molar-refractivity contribution in [3.63, 3.8) is 0 Å². The zero-order chi connectivity index (χ0) is 11.4. The average molecular weight is 226 g/mol. The van der Waals surface area contributed by atoms with Gasteiger partial charge in [-0.3, -0.25) is 0 Å². The molecule has 1 aliphatic heterocycles. The summed E-state index contributed by atoms with van der Waals surface area (Å²) in [5.74, 6) is 1.33. The Morgan fingerprint density at radius 2 is 2.19 bits per heavy atom. The fourth-order valence-corrected chi connectivity index (χ4v) is 1.76. The Balaban J connectivity index is 2.05. The summed E-state index contributed by atoms with van der Waals surface area (Å²) in [6.07, 6.45) is 0.932. The molecule has 0 aliphatic carbocycles. The molecule has 2 heterocycles. The summed E-state index contributed by atoms with van der Waals surface area (Å²) in [4.78, 5) is 6.49. The number of nitrogens with one attached hydrogen (secondary N) is 1. The van der Waals surface area contributed by atoms with Crippen molar-refractivity contribution in [1.82, 2.24) is 15.5 Å². The summed E-state index contributed by atoms with van der Waals surface area (Å²) >= 11 is 0. The Hall–Kier alpha value is -1.14. The lowest BCUT2D eigenvalue weighted by Gasteiger charge is -2.24. The molecule has 90 valence electrons. The molecule has 0 spiro atoms. The van der Waals surface area contributed by atoms with Gasteiger partial charge in [-0.15, -0.1) is 0 Å². The zero-order valence-electron chi connectivity index (χ0n) is 9.77. The summed E-state index contributed by atoms with van der Waals surface area (Å²) in [6.45, 7) is 5.20. The van der Waals surface area contributed by atoms with Crippen molar-refractivity contribution < 1.29 is 9.26 Å². The van der Waals surface area contributed by atoms with Crippen molar-refractivity contribution in [3.8, 4) is 0 Å². The maximum Gasteiger partial charge on any atom is 0.266 e. The molecule has 6 nitrogen and oxygen atoms in total. The third kappa shape index (κ3) is 2.33. The first kappa shape index (κ1) is 11.3. The van der Waals surface area contributed by atoms with Gasteiger partial charge >= 0.3 is 0 Å². The van der Waals surface area contributed by atoms with E-state index in [0.29, 0.717) is 11.8 Å². The molecule has 1 N–H and O–H groups in total. The van der Waals surface area contributed by atoms with Gasteiger partial charge in [0.05, 0.1) is 19.3 Å². The largest absolute Gasteiger partial charge is 0.378 e. The van der Waals surface area contributed by atoms with Gasteiger partial charge < -0.3 is 19.5 Å². The summed E-state index contributed by atoms with van der Waals surface area (Å²) in [5, 5.41) is 7.15. The number of hydrogen-bond donors (Lipinski definition) is 1. The Bertz CT molecular complexity index is 318. The molecule has 0 saturated carbocycles. The minimum absolute atomic E-state index is 0.141. The molecule has 0 amide bonds. The van der Waals surface area contributed by atoms with E-state index in [4.69, 9.17) is 9.26 Å². The Kier molecular flexibility index (Phi) is 3.74. The van der Waals surface area contributed by atoms with E-state index >= 15 is 0 Å². The van der Waals surface area contributed by atoms with Gasteiger partial charge in [0.25, 0.3) is 5.95 Å². The highest BCUT2D eigenvalue weighted by Crippen LogP contribution is 2.18. The molecule has 0 radical (unpaired) electrons. The minimum Gasteiger partial charge on any atom is -0.378 e. The minimum atomic E-state index is 0.141. The van der Waals surface area contributed by atoms with Crippen molar-refractivity contribution in [2.24, 2.45) is 0 Å². The van der Waals surface area contributed by atoms with Crippen molar-refractivity contribution in [2.75, 3.05) is 38.3 Å². The van der Waals surface area contributed by atoms with E-state index in [1.54, 1.807) is 0 Å². The third-order valence-corrected chi connectivity index (χ3v) is 2.78. The lowest BCUT2D eigenvalue weighted by atomic mass is 10.2. The third-order valence-electron chi connectivity index (χ3n) is 2.78. The lowest BCUT2D eigenvalue weighted by Crippen LogP contribution is -2.36. The van der Waals surface area contributed by atoms with Crippen molar-refractivity contribution in [2.45, 2.75) is 19.4 Å². The van der Waals surface area contributed by atoms with Crippen LogP contribution in [0.3, 0.4) is 0 Å². The van der Waals surface area contributed by atoms with E-state index in [-0.39, 0.29) is 6.04 Å². The monoisotopic (exact) mass is 226 g/mol. The smallest absolute Gasteiger partial charge is 0.266 e. The maximum absolute atomic E-state index is 5.28. The van der Waals surface area contributed by atoms with Gasteiger partial charge in [-0.25, -0.2) is 0 Å². The second kappa shape index (κ2) is 5.27. The molecule has 1 atom stereocenters. The van der Waals surface area contributed by atoms with Crippen molar-refractivity contribution in [1.29, 1.82) is 0 Å². The average Bonchev–Trinajstić information content (AvgIpc) is 2.81. The molecule has 1 aromatic rings. The normalized spacial score (nSPS) is 18.8. The number of anilines is 1. The van der Waals surface area contributed by atoms with Crippen molar-refractivity contribution in [3.05, 3.63) is 5.89 Å². The van der Waals surface area contributed by atoms with Crippen LogP contribution in [0.15, 0.2) is 4.52 Å². The highest BCUT2D eigenvalue weighted by atomic mass is 16.5. The summed E-state index contributed by atoms with van der Waals surface area (Å²) < 4.78 is 10.5. The maximum atomic E-state index is 5.28. The van der Waals surface area contributed by atoms with E-state index in [2.05, 4.69) is 27.3 Å². The van der Waals surface area contributed by atoms with E-state index in [0.717, 1.165) is 32.7 Å². The van der Waals surface area contributed by atoms with Crippen LogP contribution < -0.4 is 10.2 Å². The predicted molar refractivity (Wildman–Crippen MR) is 59.4 cm³/mol. The number of morpholine rings is 1. The van der Waals surface area contributed by atoms with Crippen LogP contribution in [-0.4, -0.2) is 43.5 Å². The Morgan fingerprint density at radius 1 is 1.44 bits per heavy atom. The van der Waals surface area contributed by atoms with E-state index in [9.17, 15) is 0 Å². The molecule has 1 aromatic heterocycles. The molecule has 1 unspecified atom stereocenters. The molecule has 0 aromatic carbocycles. The zero-order valence-corrected chi connectivity index (χ0v) is 9.77. The molecule has 1 saturated heterocycles. The first-order chi connectivity index (χ1) is 7.85. The Labute approximate surface area is 95.0 Å². The van der Waals surface area contributed by atoms with Crippen LogP contribution in [0.1, 0.15) is 25.3 Å². The van der Waals surface area contributed by atoms with Gasteiger partial charge in [0.2, 0.25) is 5.89 Å². The van der Waals surface area contributed by atoms with Gasteiger partial charge in [0.1, 0.15) is 0 Å². The molecule has 2 rings (SSSR count). The quantitative estimate of drug-likeness (QED) is 0.810. The van der Waals surface area contributed by atoms with E-state index in [1.807, 2.05) is 7.05 Å². The SMILES string of the molecule is CCC(NC)c1nc(N2CCOCC2)no1. The molecule has 1 aliphatic rings. The van der Waals surface area contributed by atoms with E-state index < -0.39 is 0 Å². The van der Waals surface area contributed by atoms with Gasteiger partial charge in [-0.2, -0.15) is 4.98 Å². The molecular formula is C10H18N4O2. The van der Waals surface area contributed by atoms with Crippen LogP contribution in [0.25, 0.3) is 0 Å². The van der Waals surface area contributed by atoms with Gasteiger partial charge in [-0.1, -0.05) is 6.92 Å². The number of ether oxygens (including phenoxy) is 1. The summed E-state index contributed by atoms with van der Waals surface area (Å²) in [6, 6.07) is 0.141. The van der Waals surface area contributed by atoms with E-state index in [1.165, 1.54) is 0 Å². The lowest BCUT2D eigenvalue weighted by molar-refractivity contribution is 0.121. The molecule has 16 heavy (non-hydrogen) atoms. The summed E-state index contributed by atoms with van der Waals surface area (Å²) in [7, 11) is 1.90. The standard InChI is InChI=1S/C10H18N4O2/c1-3-8(11-2)9-12-10(13-16-9)14-4-6-15-7-5-14/h8,11H,3-7H2,1-2H3. The molecule has 6 heteroatoms. The number of rotatable bonds is 4. The number of aromatic nitrogens is 2. The van der Waals surface area contributed by atoms with Crippen LogP contribution in [-0.2, 0) is 4.74 Å². The number of nitrogens with zero attached hydrogens (tertiary/aromatic N) is 3. The van der Waals surface area contributed by atoms with Gasteiger partial charge in [-0.05, 0) is 18.6 Å². The summed E-state index contributed by atoms with van der Waals surface area (Å²) in [5.41, 5.74) is 0. The van der Waals surface area contributed by atoms with Crippen LogP contribution in [0.4, 0.5) is 5.95 Å². The van der Waals surface area contributed by atoms with Gasteiger partial charge in [0.15, 0.2) is 0 Å². The molecular weight excluding hydrogens is 208 g/mol. The van der Waals surface area contributed by atoms with Crippen LogP contribution in [0.2, 0.25) is 0 Å². The fraction of sp³-hybridized carbons (Fsp3) is 0.800. The fourth-order valence-electron chi connectivity index (χ4n) is 1.76. The second-order valence-corrected chi connectivity index (χ2v) is 3.78. The predicted octanol–water partition coefficient (Wildman–Crippen LogP) is 0.577. The first-order valence-electron chi connectivity index (χ1n) is 5.68. The first-order valence-corrected chi connectivity index (χ1v) is 5.68. The van der Waals surface area contributed by atoms with Crippen LogP contribution in [0, 0.1) is 0 Å².